The van der Waals surface area contributed by atoms with Crippen LogP contribution in [0, 0.1) is 11.6 Å². The molecule has 0 fully saturated rings. The quantitative estimate of drug-likeness (QED) is 0.847. The summed E-state index contributed by atoms with van der Waals surface area (Å²) in [5.41, 5.74) is 7.29. The normalized spacial score (nSPS) is 18.4. The Morgan fingerprint density at radius 2 is 1.94 bits per heavy atom. The molecule has 1 aromatic heterocycles. The van der Waals surface area contributed by atoms with Crippen LogP contribution in [0.25, 0.3) is 0 Å². The number of rotatable bonds is 1. The molecule has 3 rings (SSSR count). The molecule has 5 heteroatoms. The van der Waals surface area contributed by atoms with E-state index in [1.807, 2.05) is 0 Å². The van der Waals surface area contributed by atoms with Gasteiger partial charge in [0.05, 0.1) is 5.69 Å². The summed E-state index contributed by atoms with van der Waals surface area (Å²) in [5, 5.41) is 0.525. The predicted molar refractivity (Wildman–Crippen MR) is 63.0 cm³/mol. The van der Waals surface area contributed by atoms with Gasteiger partial charge in [0.25, 0.3) is 0 Å². The van der Waals surface area contributed by atoms with Crippen molar-refractivity contribution >= 4 is 16.5 Å². The van der Waals surface area contributed by atoms with E-state index in [9.17, 15) is 8.78 Å². The third-order valence-corrected chi connectivity index (χ3v) is 4.06. The number of thiazole rings is 1. The Morgan fingerprint density at radius 1 is 1.24 bits per heavy atom. The van der Waals surface area contributed by atoms with Crippen LogP contribution in [0.5, 0.6) is 0 Å². The maximum atomic E-state index is 13.2. The van der Waals surface area contributed by atoms with Crippen LogP contribution in [0.15, 0.2) is 18.2 Å². The zero-order valence-electron chi connectivity index (χ0n) is 8.91. The standard InChI is InChI=1S/C12H10F2N2S/c13-7-3-6(4-8(14)5-7)9-1-2-10-11(9)17-12(15)16-10/h3-5,9H,1-2H2,(H2,15,16). The molecule has 1 heterocycles. The third-order valence-electron chi connectivity index (χ3n) is 3.02. The van der Waals surface area contributed by atoms with Gasteiger partial charge in [-0.05, 0) is 30.5 Å². The first-order valence-corrected chi connectivity index (χ1v) is 6.16. The predicted octanol–water partition coefficient (Wildman–Crippen LogP) is 3.08. The maximum absolute atomic E-state index is 13.2. The van der Waals surface area contributed by atoms with Crippen LogP contribution in [-0.4, -0.2) is 4.98 Å². The van der Waals surface area contributed by atoms with Gasteiger partial charge in [-0.2, -0.15) is 0 Å². The molecule has 0 aliphatic heterocycles. The molecule has 1 atom stereocenters. The van der Waals surface area contributed by atoms with Gasteiger partial charge in [0.2, 0.25) is 0 Å². The Balaban J connectivity index is 2.05. The van der Waals surface area contributed by atoms with Crippen LogP contribution in [0.4, 0.5) is 13.9 Å². The lowest BCUT2D eigenvalue weighted by molar-refractivity contribution is 0.576. The van der Waals surface area contributed by atoms with E-state index >= 15 is 0 Å². The number of hydrogen-bond donors (Lipinski definition) is 1. The van der Waals surface area contributed by atoms with Crippen molar-refractivity contribution in [2.75, 3.05) is 5.73 Å². The van der Waals surface area contributed by atoms with Gasteiger partial charge in [-0.25, -0.2) is 13.8 Å². The number of halogens is 2. The lowest BCUT2D eigenvalue weighted by Gasteiger charge is -2.10. The number of hydrogen-bond acceptors (Lipinski definition) is 3. The number of aryl methyl sites for hydroxylation is 1. The molecule has 2 aromatic rings. The Morgan fingerprint density at radius 3 is 2.65 bits per heavy atom. The molecule has 1 aliphatic rings. The highest BCUT2D eigenvalue weighted by Gasteiger charge is 2.28. The van der Waals surface area contributed by atoms with Gasteiger partial charge in [0.1, 0.15) is 11.6 Å². The van der Waals surface area contributed by atoms with E-state index in [0.717, 1.165) is 29.5 Å². The third kappa shape index (κ3) is 1.80. The Hall–Kier alpha value is -1.49. The lowest BCUT2D eigenvalue weighted by atomic mass is 9.98. The Kier molecular flexibility index (Phi) is 2.36. The minimum absolute atomic E-state index is 0.0324. The van der Waals surface area contributed by atoms with Crippen molar-refractivity contribution in [3.8, 4) is 0 Å². The maximum Gasteiger partial charge on any atom is 0.180 e. The zero-order valence-corrected chi connectivity index (χ0v) is 9.73. The summed E-state index contributed by atoms with van der Waals surface area (Å²) in [6, 6.07) is 3.66. The van der Waals surface area contributed by atoms with Crippen molar-refractivity contribution in [1.29, 1.82) is 0 Å². The molecule has 2 N–H and O–H groups in total. The molecule has 0 saturated carbocycles. The fourth-order valence-corrected chi connectivity index (χ4v) is 3.38. The summed E-state index contributed by atoms with van der Waals surface area (Å²) in [5.74, 6) is -1.04. The van der Waals surface area contributed by atoms with Gasteiger partial charge in [0, 0.05) is 16.9 Å². The number of nitrogens with two attached hydrogens (primary N) is 1. The minimum atomic E-state index is -0.536. The Labute approximate surface area is 101 Å². The van der Waals surface area contributed by atoms with Gasteiger partial charge < -0.3 is 5.73 Å². The van der Waals surface area contributed by atoms with Crippen molar-refractivity contribution < 1.29 is 8.78 Å². The topological polar surface area (TPSA) is 38.9 Å². The van der Waals surface area contributed by atoms with Gasteiger partial charge >= 0.3 is 0 Å². The van der Waals surface area contributed by atoms with Crippen LogP contribution in [0.3, 0.4) is 0 Å². The monoisotopic (exact) mass is 252 g/mol. The first-order valence-electron chi connectivity index (χ1n) is 5.34. The van der Waals surface area contributed by atoms with Crippen LogP contribution in [-0.2, 0) is 6.42 Å². The molecule has 1 unspecified atom stereocenters. The van der Waals surface area contributed by atoms with E-state index in [1.165, 1.54) is 23.5 Å². The molecule has 1 aliphatic carbocycles. The second-order valence-corrected chi connectivity index (χ2v) is 5.22. The highest BCUT2D eigenvalue weighted by Crippen LogP contribution is 2.42. The highest BCUT2D eigenvalue weighted by molar-refractivity contribution is 7.15. The van der Waals surface area contributed by atoms with Gasteiger partial charge in [-0.3, -0.25) is 0 Å². The average molecular weight is 252 g/mol. The minimum Gasteiger partial charge on any atom is -0.375 e. The Bertz CT molecular complexity index is 560. The second-order valence-electron chi connectivity index (χ2n) is 4.16. The smallest absolute Gasteiger partial charge is 0.180 e. The summed E-state index contributed by atoms with van der Waals surface area (Å²) in [6.45, 7) is 0. The number of aromatic nitrogens is 1. The fraction of sp³-hybridized carbons (Fsp3) is 0.250. The number of fused-ring (bicyclic) bond motifs is 1. The highest BCUT2D eigenvalue weighted by atomic mass is 32.1. The number of anilines is 1. The van der Waals surface area contributed by atoms with Crippen LogP contribution in [0.2, 0.25) is 0 Å². The van der Waals surface area contributed by atoms with Crippen molar-refractivity contribution in [3.63, 3.8) is 0 Å². The summed E-state index contributed by atoms with van der Waals surface area (Å²) in [7, 11) is 0. The molecule has 17 heavy (non-hydrogen) atoms. The molecule has 0 spiro atoms. The van der Waals surface area contributed by atoms with E-state index in [1.54, 1.807) is 0 Å². The molecule has 2 nitrogen and oxygen atoms in total. The zero-order chi connectivity index (χ0) is 12.0. The van der Waals surface area contributed by atoms with E-state index < -0.39 is 11.6 Å². The molecule has 0 bridgehead atoms. The van der Waals surface area contributed by atoms with Crippen LogP contribution >= 0.6 is 11.3 Å². The van der Waals surface area contributed by atoms with Crippen molar-refractivity contribution in [2.24, 2.45) is 0 Å². The summed E-state index contributed by atoms with van der Waals surface area (Å²) in [6.07, 6.45) is 1.67. The molecule has 0 radical (unpaired) electrons. The van der Waals surface area contributed by atoms with Gasteiger partial charge in [-0.1, -0.05) is 0 Å². The van der Waals surface area contributed by atoms with E-state index in [-0.39, 0.29) is 5.92 Å². The first kappa shape index (κ1) is 10.7. The van der Waals surface area contributed by atoms with Crippen LogP contribution in [0.1, 0.15) is 28.5 Å². The largest absolute Gasteiger partial charge is 0.375 e. The summed E-state index contributed by atoms with van der Waals surface area (Å²) in [4.78, 5) is 5.27. The molecule has 88 valence electrons. The number of benzene rings is 1. The first-order chi connectivity index (χ1) is 8.13. The molecule has 1 aromatic carbocycles. The van der Waals surface area contributed by atoms with Crippen molar-refractivity contribution in [2.45, 2.75) is 18.8 Å². The van der Waals surface area contributed by atoms with Gasteiger partial charge in [-0.15, -0.1) is 11.3 Å². The van der Waals surface area contributed by atoms with E-state index in [2.05, 4.69) is 4.98 Å². The lowest BCUT2D eigenvalue weighted by Crippen LogP contribution is -1.96. The van der Waals surface area contributed by atoms with Crippen molar-refractivity contribution in [1.82, 2.24) is 4.98 Å². The molecule has 0 amide bonds. The SMILES string of the molecule is Nc1nc2c(s1)C(c1cc(F)cc(F)c1)CC2. The molecular weight excluding hydrogens is 242 g/mol. The molecule has 0 saturated heterocycles. The summed E-state index contributed by atoms with van der Waals surface area (Å²) >= 11 is 1.41. The second kappa shape index (κ2) is 3.77. The van der Waals surface area contributed by atoms with Gasteiger partial charge in [0.15, 0.2) is 5.13 Å². The number of nitrogens with zero attached hydrogens (tertiary/aromatic N) is 1. The summed E-state index contributed by atoms with van der Waals surface area (Å²) < 4.78 is 26.4. The van der Waals surface area contributed by atoms with Crippen molar-refractivity contribution in [3.05, 3.63) is 46.0 Å². The average Bonchev–Trinajstić information content (AvgIpc) is 2.74. The molecular formula is C12H10F2N2S. The van der Waals surface area contributed by atoms with Crippen LogP contribution < -0.4 is 5.73 Å². The fourth-order valence-electron chi connectivity index (χ4n) is 2.34. The van der Waals surface area contributed by atoms with E-state index in [0.29, 0.717) is 10.7 Å². The number of nitrogen functional groups attached to an aromatic ring is 1. The van der Waals surface area contributed by atoms with E-state index in [4.69, 9.17) is 5.73 Å².